The topological polar surface area (TPSA) is 89.6 Å². The summed E-state index contributed by atoms with van der Waals surface area (Å²) in [5.74, 6) is 0.697. The zero-order chi connectivity index (χ0) is 24.4. The molecule has 2 aromatic heterocycles. The normalized spacial score (nSPS) is 9.79. The van der Waals surface area contributed by atoms with Gasteiger partial charge < -0.3 is 11.1 Å². The summed E-state index contributed by atoms with van der Waals surface area (Å²) >= 11 is 16.5. The Hall–Kier alpha value is -2.93. The third-order valence-electron chi connectivity index (χ3n) is 4.53. The largest absolute Gasteiger partial charge is 0.399 e. The Morgan fingerprint density at radius 2 is 1.24 bits per heavy atom. The Balaban J connectivity index is 0.000000192. The molecule has 0 aliphatic heterocycles. The van der Waals surface area contributed by atoms with Gasteiger partial charge in [-0.25, -0.2) is 19.9 Å². The molecule has 4 aromatic rings. The highest BCUT2D eigenvalue weighted by Crippen LogP contribution is 2.18. The summed E-state index contributed by atoms with van der Waals surface area (Å²) in [7, 11) is 0. The number of anilines is 3. The Morgan fingerprint density at radius 3 is 1.73 bits per heavy atom. The van der Waals surface area contributed by atoms with Gasteiger partial charge in [-0.15, -0.1) is 0 Å². The summed E-state index contributed by atoms with van der Waals surface area (Å²) in [5, 5.41) is 3.97. The highest BCUT2D eigenvalue weighted by molar-refractivity contribution is 6.31. The van der Waals surface area contributed by atoms with Crippen LogP contribution in [0.2, 0.25) is 15.7 Å². The quantitative estimate of drug-likeness (QED) is 0.171. The second kappa shape index (κ2) is 12.9. The molecule has 0 saturated carbocycles. The van der Waals surface area contributed by atoms with Crippen LogP contribution in [0, 0.1) is 27.7 Å². The molecule has 3 N–H and O–H groups in total. The fraction of sp³-hybridized carbons (Fsp3) is 0.167. The smallest absolute Gasteiger partial charge is 0.224 e. The summed E-state index contributed by atoms with van der Waals surface area (Å²) in [6.07, 6.45) is 3.12. The van der Waals surface area contributed by atoms with Crippen LogP contribution in [0.25, 0.3) is 0 Å². The highest BCUT2D eigenvalue weighted by Gasteiger charge is 1.99. The van der Waals surface area contributed by atoms with Crippen LogP contribution in [0.3, 0.4) is 0 Å². The molecular formula is C24H25Cl3N6. The van der Waals surface area contributed by atoms with Crippen LogP contribution in [0.5, 0.6) is 0 Å². The highest BCUT2D eigenvalue weighted by atomic mass is 35.5. The van der Waals surface area contributed by atoms with Crippen LogP contribution < -0.4 is 11.1 Å². The number of halogens is 3. The maximum Gasteiger partial charge on any atom is 0.224 e. The molecule has 0 atom stereocenters. The lowest BCUT2D eigenvalue weighted by Gasteiger charge is -2.07. The fourth-order valence-electron chi connectivity index (χ4n) is 2.45. The van der Waals surface area contributed by atoms with Gasteiger partial charge in [0.1, 0.15) is 11.0 Å². The van der Waals surface area contributed by atoms with Gasteiger partial charge in [-0.1, -0.05) is 23.7 Å². The zero-order valence-electron chi connectivity index (χ0n) is 18.8. The van der Waals surface area contributed by atoms with Crippen molar-refractivity contribution >= 4 is 52.0 Å². The van der Waals surface area contributed by atoms with Crippen molar-refractivity contribution < 1.29 is 0 Å². The lowest BCUT2D eigenvalue weighted by Crippen LogP contribution is -1.95. The van der Waals surface area contributed by atoms with E-state index in [0.29, 0.717) is 11.0 Å². The number of nitrogens with two attached hydrogens (primary N) is 1. The minimum absolute atomic E-state index is 0.178. The van der Waals surface area contributed by atoms with Gasteiger partial charge in [-0.05, 0) is 110 Å². The van der Waals surface area contributed by atoms with Gasteiger partial charge in [0, 0.05) is 23.8 Å². The molecule has 33 heavy (non-hydrogen) atoms. The second-order valence-electron chi connectivity index (χ2n) is 7.13. The number of hydrogen-bond acceptors (Lipinski definition) is 6. The molecule has 0 aliphatic rings. The van der Waals surface area contributed by atoms with E-state index in [0.717, 1.165) is 11.4 Å². The molecule has 0 spiro atoms. The molecule has 0 radical (unpaired) electrons. The van der Waals surface area contributed by atoms with Crippen LogP contribution in [0.1, 0.15) is 22.3 Å². The summed E-state index contributed by atoms with van der Waals surface area (Å²) in [5.41, 5.74) is 12.4. The van der Waals surface area contributed by atoms with Crippen molar-refractivity contribution in [2.24, 2.45) is 0 Å². The van der Waals surface area contributed by atoms with Crippen LogP contribution in [0.15, 0.2) is 60.9 Å². The number of nitrogen functional groups attached to an aromatic ring is 1. The Labute approximate surface area is 209 Å². The number of aromatic nitrogens is 4. The van der Waals surface area contributed by atoms with E-state index in [4.69, 9.17) is 40.5 Å². The van der Waals surface area contributed by atoms with Gasteiger partial charge in [0.2, 0.25) is 10.6 Å². The number of aryl methyl sites for hydroxylation is 4. The van der Waals surface area contributed by atoms with Crippen molar-refractivity contribution in [2.45, 2.75) is 27.7 Å². The Morgan fingerprint density at radius 1 is 0.667 bits per heavy atom. The van der Waals surface area contributed by atoms with E-state index in [2.05, 4.69) is 65.1 Å². The molecule has 0 fully saturated rings. The van der Waals surface area contributed by atoms with Crippen molar-refractivity contribution in [3.05, 3.63) is 98.9 Å². The predicted octanol–water partition coefficient (Wildman–Crippen LogP) is 7.16. The summed E-state index contributed by atoms with van der Waals surface area (Å²) in [4.78, 5) is 15.1. The molecule has 9 heteroatoms. The minimum atomic E-state index is 0.178. The van der Waals surface area contributed by atoms with Gasteiger partial charge in [0.25, 0.3) is 0 Å². The van der Waals surface area contributed by atoms with Crippen molar-refractivity contribution in [3.8, 4) is 0 Å². The monoisotopic (exact) mass is 502 g/mol. The van der Waals surface area contributed by atoms with E-state index in [-0.39, 0.29) is 10.6 Å². The van der Waals surface area contributed by atoms with Crippen LogP contribution in [-0.2, 0) is 0 Å². The van der Waals surface area contributed by atoms with E-state index in [1.54, 1.807) is 18.3 Å². The maximum atomic E-state index is 5.71. The number of nitrogens with zero attached hydrogens (tertiary/aromatic N) is 4. The van der Waals surface area contributed by atoms with Gasteiger partial charge >= 0.3 is 0 Å². The first-order valence-corrected chi connectivity index (χ1v) is 11.1. The average Bonchev–Trinajstić information content (AvgIpc) is 2.75. The molecule has 0 aliphatic carbocycles. The molecule has 2 heterocycles. The van der Waals surface area contributed by atoms with Gasteiger partial charge in [0.05, 0.1) is 0 Å². The Bertz CT molecular complexity index is 1180. The standard InChI is InChI=1S/C12H12ClN3.C8H11N.C4H2Cl2N2/c1-8-3-4-10(7-9(8)2)15-11-5-6-14-12(13)16-11;1-6-3-4-8(9)5-7(6)2;5-3-1-2-7-4(6)8-3/h3-7H,1-2H3,(H,14,15,16);3-5H,9H2,1-2H3;1-2H. The number of nitrogens with one attached hydrogen (secondary N) is 1. The van der Waals surface area contributed by atoms with Crippen LogP contribution >= 0.6 is 34.8 Å². The number of hydrogen-bond donors (Lipinski definition) is 2. The molecule has 6 nitrogen and oxygen atoms in total. The minimum Gasteiger partial charge on any atom is -0.399 e. The summed E-state index contributed by atoms with van der Waals surface area (Å²) < 4.78 is 0. The van der Waals surface area contributed by atoms with Gasteiger partial charge in [-0.3, -0.25) is 0 Å². The molecular weight excluding hydrogens is 479 g/mol. The van der Waals surface area contributed by atoms with E-state index in [1.165, 1.54) is 28.5 Å². The average molecular weight is 504 g/mol. The molecule has 0 unspecified atom stereocenters. The lowest BCUT2D eigenvalue weighted by molar-refractivity contribution is 1.17. The fourth-order valence-corrected chi connectivity index (χ4v) is 2.93. The molecule has 0 amide bonds. The molecule has 0 saturated heterocycles. The van der Waals surface area contributed by atoms with E-state index >= 15 is 0 Å². The van der Waals surface area contributed by atoms with Crippen molar-refractivity contribution in [1.82, 2.24) is 19.9 Å². The third-order valence-corrected chi connectivity index (χ3v) is 5.10. The van der Waals surface area contributed by atoms with Gasteiger partial charge in [0.15, 0.2) is 0 Å². The van der Waals surface area contributed by atoms with E-state index < -0.39 is 0 Å². The van der Waals surface area contributed by atoms with Gasteiger partial charge in [-0.2, -0.15) is 0 Å². The lowest BCUT2D eigenvalue weighted by atomic mass is 10.1. The first-order chi connectivity index (χ1) is 15.6. The second-order valence-corrected chi connectivity index (χ2v) is 8.19. The molecule has 4 rings (SSSR count). The first kappa shape index (κ1) is 26.3. The number of rotatable bonds is 2. The van der Waals surface area contributed by atoms with Crippen LogP contribution in [0.4, 0.5) is 17.2 Å². The predicted molar refractivity (Wildman–Crippen MR) is 139 cm³/mol. The van der Waals surface area contributed by atoms with Crippen LogP contribution in [-0.4, -0.2) is 19.9 Å². The summed E-state index contributed by atoms with van der Waals surface area (Å²) in [6, 6.07) is 15.4. The van der Waals surface area contributed by atoms with Crippen molar-refractivity contribution in [1.29, 1.82) is 0 Å². The van der Waals surface area contributed by atoms with Crippen molar-refractivity contribution in [2.75, 3.05) is 11.1 Å². The van der Waals surface area contributed by atoms with E-state index in [9.17, 15) is 0 Å². The SMILES string of the molecule is Cc1ccc(N)cc1C.Cc1ccc(Nc2ccnc(Cl)n2)cc1C.Clc1ccnc(Cl)n1. The number of benzene rings is 2. The zero-order valence-corrected chi connectivity index (χ0v) is 21.0. The Kier molecular flexibility index (Phi) is 10.3. The molecule has 172 valence electrons. The van der Waals surface area contributed by atoms with Crippen molar-refractivity contribution in [3.63, 3.8) is 0 Å². The molecule has 0 bridgehead atoms. The summed E-state index contributed by atoms with van der Waals surface area (Å²) in [6.45, 7) is 8.30. The van der Waals surface area contributed by atoms with E-state index in [1.807, 2.05) is 24.3 Å². The maximum absolute atomic E-state index is 5.71. The molecule has 2 aromatic carbocycles. The third kappa shape index (κ3) is 9.61. The first-order valence-electron chi connectivity index (χ1n) is 9.93.